The number of carboxylic acid groups (broad SMARTS) is 1. The van der Waals surface area contributed by atoms with Gasteiger partial charge in [0, 0.05) is 7.05 Å². The highest BCUT2D eigenvalue weighted by Gasteiger charge is 2.12. The van der Waals surface area contributed by atoms with Gasteiger partial charge < -0.3 is 9.67 Å². The van der Waals surface area contributed by atoms with E-state index in [1.807, 2.05) is 18.5 Å². The van der Waals surface area contributed by atoms with Crippen LogP contribution in [0.2, 0.25) is 0 Å². The van der Waals surface area contributed by atoms with Crippen LogP contribution >= 0.6 is 11.8 Å². The van der Waals surface area contributed by atoms with Crippen LogP contribution in [0.5, 0.6) is 0 Å². The molecule has 0 atom stereocenters. The second kappa shape index (κ2) is 4.77. The van der Waals surface area contributed by atoms with Gasteiger partial charge in [-0.15, -0.1) is 10.2 Å². The van der Waals surface area contributed by atoms with Crippen LogP contribution in [-0.2, 0) is 7.05 Å². The van der Waals surface area contributed by atoms with E-state index in [1.165, 1.54) is 11.8 Å². The number of aromatic nitrogens is 4. The molecule has 6 nitrogen and oxygen atoms in total. The number of hydrogen-bond donors (Lipinski definition) is 1. The zero-order valence-corrected chi connectivity index (χ0v) is 11.0. The minimum Gasteiger partial charge on any atom is -0.478 e. The van der Waals surface area contributed by atoms with Gasteiger partial charge in [-0.3, -0.25) is 0 Å². The second-order valence-corrected chi connectivity index (χ2v) is 4.77. The fraction of sp³-hybridized carbons (Fsp3) is 0.273. The summed E-state index contributed by atoms with van der Waals surface area (Å²) in [5, 5.41) is 18.3. The van der Waals surface area contributed by atoms with Gasteiger partial charge in [-0.25, -0.2) is 9.78 Å². The number of nitrogens with zero attached hydrogens (tertiary/aromatic N) is 4. The third-order valence-electron chi connectivity index (χ3n) is 2.54. The Morgan fingerprint density at radius 3 is 2.56 bits per heavy atom. The summed E-state index contributed by atoms with van der Waals surface area (Å²) in [6, 6.07) is 3.22. The Morgan fingerprint density at radius 2 is 2.06 bits per heavy atom. The maximum Gasteiger partial charge on any atom is 0.337 e. The van der Waals surface area contributed by atoms with Gasteiger partial charge in [0.1, 0.15) is 10.9 Å². The van der Waals surface area contributed by atoms with Gasteiger partial charge in [0.05, 0.1) is 11.3 Å². The molecule has 0 aliphatic carbocycles. The van der Waals surface area contributed by atoms with Gasteiger partial charge in [0.2, 0.25) is 0 Å². The van der Waals surface area contributed by atoms with E-state index in [-0.39, 0.29) is 5.56 Å². The van der Waals surface area contributed by atoms with Crippen molar-refractivity contribution in [2.24, 2.45) is 7.05 Å². The maximum atomic E-state index is 10.9. The average Bonchev–Trinajstić information content (AvgIpc) is 2.61. The highest BCUT2D eigenvalue weighted by atomic mass is 32.2. The highest BCUT2D eigenvalue weighted by Crippen LogP contribution is 2.25. The van der Waals surface area contributed by atoms with Crippen molar-refractivity contribution in [2.45, 2.75) is 24.0 Å². The first kappa shape index (κ1) is 12.6. The molecule has 0 aliphatic heterocycles. The van der Waals surface area contributed by atoms with Gasteiger partial charge in [-0.05, 0) is 37.7 Å². The standard InChI is InChI=1S/C11H12N4O2S/c1-6-8(10(16)17)4-5-9(12-6)18-11-14-13-7(2)15(11)3/h4-5H,1-3H3,(H,16,17). The molecule has 0 saturated carbocycles. The maximum absolute atomic E-state index is 10.9. The number of carbonyl (C=O) groups is 1. The molecule has 2 rings (SSSR count). The summed E-state index contributed by atoms with van der Waals surface area (Å²) >= 11 is 1.35. The Balaban J connectivity index is 2.28. The van der Waals surface area contributed by atoms with Crippen LogP contribution in [0, 0.1) is 13.8 Å². The summed E-state index contributed by atoms with van der Waals surface area (Å²) in [7, 11) is 1.87. The molecule has 0 radical (unpaired) electrons. The van der Waals surface area contributed by atoms with E-state index >= 15 is 0 Å². The van der Waals surface area contributed by atoms with Crippen LogP contribution < -0.4 is 0 Å². The van der Waals surface area contributed by atoms with E-state index in [2.05, 4.69) is 15.2 Å². The molecule has 2 heterocycles. The Hall–Kier alpha value is -1.89. The smallest absolute Gasteiger partial charge is 0.337 e. The number of aromatic carboxylic acids is 1. The molecule has 0 spiro atoms. The lowest BCUT2D eigenvalue weighted by Crippen LogP contribution is -2.02. The molecule has 7 heteroatoms. The van der Waals surface area contributed by atoms with Crippen LogP contribution in [0.4, 0.5) is 0 Å². The second-order valence-electron chi connectivity index (χ2n) is 3.78. The van der Waals surface area contributed by atoms with E-state index < -0.39 is 5.97 Å². The van der Waals surface area contributed by atoms with Crippen molar-refractivity contribution in [3.05, 3.63) is 29.2 Å². The molecule has 2 aromatic rings. The Morgan fingerprint density at radius 1 is 1.33 bits per heavy atom. The molecule has 94 valence electrons. The fourth-order valence-corrected chi connectivity index (χ4v) is 2.25. The largest absolute Gasteiger partial charge is 0.478 e. The van der Waals surface area contributed by atoms with Gasteiger partial charge >= 0.3 is 5.97 Å². The van der Waals surface area contributed by atoms with Crippen molar-refractivity contribution in [3.63, 3.8) is 0 Å². The van der Waals surface area contributed by atoms with E-state index in [0.29, 0.717) is 10.7 Å². The summed E-state index contributed by atoms with van der Waals surface area (Å²) in [6.07, 6.45) is 0. The van der Waals surface area contributed by atoms with Crippen molar-refractivity contribution < 1.29 is 9.90 Å². The number of carboxylic acids is 1. The predicted molar refractivity (Wildman–Crippen MR) is 65.8 cm³/mol. The lowest BCUT2D eigenvalue weighted by molar-refractivity contribution is 0.0695. The molecule has 0 fully saturated rings. The number of rotatable bonds is 3. The molecule has 18 heavy (non-hydrogen) atoms. The van der Waals surface area contributed by atoms with Crippen LogP contribution in [0.15, 0.2) is 22.3 Å². The summed E-state index contributed by atoms with van der Waals surface area (Å²) < 4.78 is 1.85. The average molecular weight is 264 g/mol. The molecular weight excluding hydrogens is 252 g/mol. The van der Waals surface area contributed by atoms with Gasteiger partial charge in [0.25, 0.3) is 0 Å². The molecule has 0 aromatic carbocycles. The monoisotopic (exact) mass is 264 g/mol. The zero-order chi connectivity index (χ0) is 13.3. The van der Waals surface area contributed by atoms with Gasteiger partial charge in [-0.2, -0.15) is 0 Å². The normalized spacial score (nSPS) is 10.6. The molecule has 0 amide bonds. The van der Waals surface area contributed by atoms with Crippen LogP contribution in [0.25, 0.3) is 0 Å². The third-order valence-corrected chi connectivity index (χ3v) is 3.51. The first-order chi connectivity index (χ1) is 8.49. The van der Waals surface area contributed by atoms with Crippen molar-refractivity contribution in [2.75, 3.05) is 0 Å². The minimum absolute atomic E-state index is 0.216. The number of pyridine rings is 1. The Kier molecular flexibility index (Phi) is 3.33. The van der Waals surface area contributed by atoms with Crippen LogP contribution in [0.1, 0.15) is 21.9 Å². The summed E-state index contributed by atoms with van der Waals surface area (Å²) in [6.45, 7) is 3.54. The van der Waals surface area contributed by atoms with E-state index in [4.69, 9.17) is 5.11 Å². The highest BCUT2D eigenvalue weighted by molar-refractivity contribution is 7.99. The van der Waals surface area contributed by atoms with Crippen LogP contribution in [-0.4, -0.2) is 30.8 Å². The first-order valence-corrected chi connectivity index (χ1v) is 6.05. The number of aryl methyl sites for hydroxylation is 2. The lowest BCUT2D eigenvalue weighted by Gasteiger charge is -2.04. The molecule has 0 saturated heterocycles. The SMILES string of the molecule is Cc1nc(Sc2nnc(C)n2C)ccc1C(=O)O. The molecular formula is C11H12N4O2S. The van der Waals surface area contributed by atoms with E-state index in [9.17, 15) is 4.79 Å². The van der Waals surface area contributed by atoms with Crippen molar-refractivity contribution in [3.8, 4) is 0 Å². The molecule has 1 N–H and O–H groups in total. The van der Waals surface area contributed by atoms with Crippen molar-refractivity contribution in [1.82, 2.24) is 19.7 Å². The first-order valence-electron chi connectivity index (χ1n) is 5.24. The van der Waals surface area contributed by atoms with Crippen LogP contribution in [0.3, 0.4) is 0 Å². The zero-order valence-electron chi connectivity index (χ0n) is 10.2. The molecule has 0 bridgehead atoms. The van der Waals surface area contributed by atoms with Gasteiger partial charge in [-0.1, -0.05) is 0 Å². The molecule has 0 aliphatic rings. The van der Waals surface area contributed by atoms with E-state index in [1.54, 1.807) is 19.1 Å². The molecule has 0 unspecified atom stereocenters. The van der Waals surface area contributed by atoms with Crippen molar-refractivity contribution >= 4 is 17.7 Å². The Bertz CT molecular complexity index is 609. The van der Waals surface area contributed by atoms with E-state index in [0.717, 1.165) is 11.0 Å². The summed E-state index contributed by atoms with van der Waals surface area (Å²) in [5.41, 5.74) is 0.708. The topological polar surface area (TPSA) is 80.9 Å². The Labute approximate surface area is 108 Å². The summed E-state index contributed by atoms with van der Waals surface area (Å²) in [5.74, 6) is -0.151. The quantitative estimate of drug-likeness (QED) is 0.908. The lowest BCUT2D eigenvalue weighted by atomic mass is 10.2. The third kappa shape index (κ3) is 2.35. The minimum atomic E-state index is -0.967. The molecule has 2 aromatic heterocycles. The predicted octanol–water partition coefficient (Wildman–Crippen LogP) is 1.68. The van der Waals surface area contributed by atoms with Crippen molar-refractivity contribution in [1.29, 1.82) is 0 Å². The fourth-order valence-electron chi connectivity index (χ4n) is 1.39. The summed E-state index contributed by atoms with van der Waals surface area (Å²) in [4.78, 5) is 15.1. The number of hydrogen-bond acceptors (Lipinski definition) is 5. The van der Waals surface area contributed by atoms with Gasteiger partial charge in [0.15, 0.2) is 5.16 Å².